The molecule has 108 valence electrons. The van der Waals surface area contributed by atoms with Gasteiger partial charge >= 0.3 is 0 Å². The highest BCUT2D eigenvalue weighted by atomic mass is 32.3. The van der Waals surface area contributed by atoms with E-state index in [1.54, 1.807) is 0 Å². The summed E-state index contributed by atoms with van der Waals surface area (Å²) < 4.78 is 5.15. The van der Waals surface area contributed by atoms with Crippen molar-refractivity contribution < 1.29 is 0 Å². The van der Waals surface area contributed by atoms with Gasteiger partial charge in [0, 0.05) is 24.2 Å². The Kier molecular flexibility index (Phi) is 5.89. The van der Waals surface area contributed by atoms with Crippen molar-refractivity contribution in [1.29, 1.82) is 0 Å². The first-order chi connectivity index (χ1) is 9.43. The number of hydrogen-bond donors (Lipinski definition) is 0. The average molecular weight is 317 g/mol. The lowest BCUT2D eigenvalue weighted by molar-refractivity contribution is 0.183. The Labute approximate surface area is 130 Å². The first-order valence-corrected chi connectivity index (χ1v) is 10.1. The Bertz CT molecular complexity index is 273. The summed E-state index contributed by atoms with van der Waals surface area (Å²) in [6.45, 7) is 0. The van der Waals surface area contributed by atoms with E-state index in [1.807, 2.05) is 36.0 Å². The molecular weight excluding hydrogens is 292 g/mol. The third-order valence-electron chi connectivity index (χ3n) is 4.38. The average Bonchev–Trinajstić information content (AvgIpc) is 3.00. The van der Waals surface area contributed by atoms with Crippen molar-refractivity contribution in [3.8, 4) is 0 Å². The quantitative estimate of drug-likeness (QED) is 0.621. The number of hydrogen-bond acceptors (Lipinski definition) is 5. The first kappa shape index (κ1) is 14.6. The summed E-state index contributed by atoms with van der Waals surface area (Å²) in [4.78, 5) is 0. The molecule has 1 aliphatic heterocycles. The lowest BCUT2D eigenvalue weighted by atomic mass is 9.91. The molecular formula is C14H24N2S3. The molecule has 0 amide bonds. The predicted octanol–water partition coefficient (Wildman–Crippen LogP) is 5.60. The Morgan fingerprint density at radius 3 is 1.74 bits per heavy atom. The molecule has 5 heteroatoms. The van der Waals surface area contributed by atoms with Crippen LogP contribution in [0.25, 0.3) is 0 Å². The van der Waals surface area contributed by atoms with Crippen LogP contribution >= 0.6 is 36.0 Å². The van der Waals surface area contributed by atoms with Gasteiger partial charge in [-0.3, -0.25) is 0 Å². The summed E-state index contributed by atoms with van der Waals surface area (Å²) in [5.74, 6) is 0. The number of nitrogens with zero attached hydrogens (tertiary/aromatic N) is 2. The van der Waals surface area contributed by atoms with E-state index >= 15 is 0 Å². The lowest BCUT2D eigenvalue weighted by Gasteiger charge is -2.41. The van der Waals surface area contributed by atoms with Crippen LogP contribution in [0.5, 0.6) is 0 Å². The van der Waals surface area contributed by atoms with Crippen LogP contribution in [0, 0.1) is 0 Å². The van der Waals surface area contributed by atoms with Crippen LogP contribution < -0.4 is 0 Å². The molecule has 19 heavy (non-hydrogen) atoms. The molecule has 2 saturated carbocycles. The third kappa shape index (κ3) is 4.10. The molecule has 0 radical (unpaired) electrons. The molecule has 3 aliphatic rings. The van der Waals surface area contributed by atoms with Crippen LogP contribution in [-0.2, 0) is 0 Å². The molecule has 2 nitrogen and oxygen atoms in total. The maximum Gasteiger partial charge on any atom is 0.0325 e. The van der Waals surface area contributed by atoms with E-state index in [0.717, 1.165) is 12.1 Å². The van der Waals surface area contributed by atoms with Gasteiger partial charge in [0.25, 0.3) is 0 Å². The minimum Gasteiger partial charge on any atom is -0.230 e. The summed E-state index contributed by atoms with van der Waals surface area (Å²) >= 11 is 5.67. The van der Waals surface area contributed by atoms with Gasteiger partial charge in [0.15, 0.2) is 0 Å². The van der Waals surface area contributed by atoms with Gasteiger partial charge < -0.3 is 0 Å². The summed E-state index contributed by atoms with van der Waals surface area (Å²) in [6, 6.07) is 1.65. The summed E-state index contributed by atoms with van der Waals surface area (Å²) in [7, 11) is 0. The van der Waals surface area contributed by atoms with Gasteiger partial charge in [0.2, 0.25) is 0 Å². The van der Waals surface area contributed by atoms with Gasteiger partial charge in [-0.25, -0.2) is 4.31 Å². The van der Waals surface area contributed by atoms with Gasteiger partial charge in [0.05, 0.1) is 0 Å². The van der Waals surface area contributed by atoms with E-state index in [-0.39, 0.29) is 0 Å². The second-order valence-electron chi connectivity index (χ2n) is 5.73. The predicted molar refractivity (Wildman–Crippen MR) is 89.3 cm³/mol. The molecule has 3 rings (SSSR count). The van der Waals surface area contributed by atoms with E-state index in [2.05, 4.69) is 18.2 Å². The monoisotopic (exact) mass is 316 g/mol. The second kappa shape index (κ2) is 7.64. The fraction of sp³-hybridized carbons (Fsp3) is 0.857. The minimum absolute atomic E-state index is 0.823. The molecule has 0 spiro atoms. The fourth-order valence-electron chi connectivity index (χ4n) is 3.39. The minimum atomic E-state index is 0.823. The molecule has 0 atom stereocenters. The number of rotatable bonds is 4. The Morgan fingerprint density at radius 1 is 0.789 bits per heavy atom. The van der Waals surface area contributed by atoms with Crippen LogP contribution in [0.15, 0.2) is 10.8 Å². The highest BCUT2D eigenvalue weighted by molar-refractivity contribution is 8.28. The molecule has 0 saturated heterocycles. The Morgan fingerprint density at radius 2 is 1.26 bits per heavy atom. The van der Waals surface area contributed by atoms with Crippen molar-refractivity contribution in [2.45, 2.75) is 76.3 Å². The van der Waals surface area contributed by atoms with Gasteiger partial charge in [-0.05, 0) is 60.4 Å². The molecule has 2 aliphatic carbocycles. The zero-order valence-electron chi connectivity index (χ0n) is 11.5. The van der Waals surface area contributed by atoms with E-state index in [1.165, 1.54) is 64.2 Å². The van der Waals surface area contributed by atoms with Crippen LogP contribution in [0.1, 0.15) is 64.2 Å². The van der Waals surface area contributed by atoms with Gasteiger partial charge in [-0.1, -0.05) is 38.5 Å². The molecule has 0 N–H and O–H groups in total. The van der Waals surface area contributed by atoms with E-state index in [9.17, 15) is 0 Å². The van der Waals surface area contributed by atoms with Crippen molar-refractivity contribution in [2.24, 2.45) is 0 Å². The second-order valence-corrected chi connectivity index (χ2v) is 9.07. The van der Waals surface area contributed by atoms with Gasteiger partial charge in [-0.2, -0.15) is 0 Å². The van der Waals surface area contributed by atoms with Crippen molar-refractivity contribution in [3.63, 3.8) is 0 Å². The molecule has 0 aromatic rings. The lowest BCUT2D eigenvalue weighted by Crippen LogP contribution is -2.41. The highest BCUT2D eigenvalue weighted by Crippen LogP contribution is 2.44. The normalized spacial score (nSPS) is 27.4. The smallest absolute Gasteiger partial charge is 0.0325 e. The summed E-state index contributed by atoms with van der Waals surface area (Å²) in [6.07, 6.45) is 14.3. The van der Waals surface area contributed by atoms with Crippen molar-refractivity contribution in [1.82, 2.24) is 7.42 Å². The van der Waals surface area contributed by atoms with Gasteiger partial charge in [0.1, 0.15) is 0 Å². The van der Waals surface area contributed by atoms with Crippen LogP contribution in [0.4, 0.5) is 0 Å². The third-order valence-corrected chi connectivity index (χ3v) is 7.76. The van der Waals surface area contributed by atoms with Crippen molar-refractivity contribution in [2.75, 3.05) is 0 Å². The zero-order chi connectivity index (χ0) is 12.9. The zero-order valence-corrected chi connectivity index (χ0v) is 13.9. The summed E-state index contributed by atoms with van der Waals surface area (Å²) in [5, 5.41) is 4.38. The van der Waals surface area contributed by atoms with Gasteiger partial charge in [-0.15, -0.1) is 3.12 Å². The topological polar surface area (TPSA) is 6.48 Å². The van der Waals surface area contributed by atoms with E-state index in [4.69, 9.17) is 0 Å². The van der Waals surface area contributed by atoms with Crippen LogP contribution in [0.2, 0.25) is 0 Å². The maximum absolute atomic E-state index is 2.78. The van der Waals surface area contributed by atoms with Crippen molar-refractivity contribution >= 4 is 36.0 Å². The molecule has 2 fully saturated rings. The Hall–Kier alpha value is 0.710. The van der Waals surface area contributed by atoms with E-state index < -0.39 is 0 Å². The van der Waals surface area contributed by atoms with Crippen molar-refractivity contribution in [3.05, 3.63) is 10.8 Å². The molecule has 0 aromatic carbocycles. The van der Waals surface area contributed by atoms with Crippen LogP contribution in [0.3, 0.4) is 0 Å². The molecule has 0 aromatic heterocycles. The molecule has 0 unspecified atom stereocenters. The maximum atomic E-state index is 2.78. The van der Waals surface area contributed by atoms with E-state index in [0.29, 0.717) is 0 Å². The largest absolute Gasteiger partial charge is 0.230 e. The summed E-state index contributed by atoms with van der Waals surface area (Å²) in [5.41, 5.74) is 0. The standard InChI is InChI=1S/C14H24N2S3/c1-3-7-13(8-4-1)15(14-9-5-2-6-10-14)19-16-17-11-12-18-16/h11-14H,1-10H2. The highest BCUT2D eigenvalue weighted by Gasteiger charge is 2.31. The molecule has 1 heterocycles. The molecule has 0 bridgehead atoms. The fourth-order valence-corrected chi connectivity index (χ4v) is 6.40. The van der Waals surface area contributed by atoms with Crippen LogP contribution in [-0.4, -0.2) is 19.5 Å². The first-order valence-electron chi connectivity index (χ1n) is 7.68. The Balaban J connectivity index is 1.62. The SMILES string of the molecule is C1=CSN(SN(C2CCCCC2)C2CCCCC2)S1.